The number of hydrogen-bond acceptors (Lipinski definition) is 5. The number of carbonyl (C=O) groups excluding carboxylic acids is 1. The molecular weight excluding hydrogens is 403 g/mol. The van der Waals surface area contributed by atoms with E-state index in [0.717, 1.165) is 11.3 Å². The fourth-order valence-corrected chi connectivity index (χ4v) is 3.77. The highest BCUT2D eigenvalue weighted by Crippen LogP contribution is 2.28. The van der Waals surface area contributed by atoms with Gasteiger partial charge < -0.3 is 14.6 Å². The first-order valence-electron chi connectivity index (χ1n) is 9.73. The molecule has 0 aliphatic heterocycles. The number of nitrogens with one attached hydrogen (secondary N) is 1. The molecule has 0 fully saturated rings. The van der Waals surface area contributed by atoms with Gasteiger partial charge in [-0.25, -0.2) is 4.39 Å². The maximum atomic E-state index is 13.0. The Morgan fingerprint density at radius 2 is 1.93 bits per heavy atom. The molecule has 1 aromatic heterocycles. The summed E-state index contributed by atoms with van der Waals surface area (Å²) in [5.41, 5.74) is 2.81. The van der Waals surface area contributed by atoms with Crippen molar-refractivity contribution in [3.05, 3.63) is 65.2 Å². The molecule has 0 aliphatic rings. The van der Waals surface area contributed by atoms with Crippen molar-refractivity contribution in [3.63, 3.8) is 0 Å². The van der Waals surface area contributed by atoms with Crippen molar-refractivity contribution in [1.29, 1.82) is 0 Å². The highest BCUT2D eigenvalue weighted by Gasteiger charge is 2.20. The predicted molar refractivity (Wildman–Crippen MR) is 116 cm³/mol. The van der Waals surface area contributed by atoms with Crippen LogP contribution < -0.4 is 10.1 Å². The summed E-state index contributed by atoms with van der Waals surface area (Å²) in [7, 11) is 0. The van der Waals surface area contributed by atoms with E-state index in [0.29, 0.717) is 23.2 Å². The predicted octanol–water partition coefficient (Wildman–Crippen LogP) is 4.92. The zero-order chi connectivity index (χ0) is 21.7. The number of aryl methyl sites for hydroxylation is 1. The van der Waals surface area contributed by atoms with Crippen molar-refractivity contribution in [1.82, 2.24) is 14.8 Å². The van der Waals surface area contributed by atoms with Gasteiger partial charge in [0.2, 0.25) is 5.91 Å². The van der Waals surface area contributed by atoms with Crippen LogP contribution in [0, 0.1) is 19.7 Å². The van der Waals surface area contributed by atoms with Gasteiger partial charge >= 0.3 is 0 Å². The average Bonchev–Trinajstić information content (AvgIpc) is 3.14. The standard InChI is InChI=1S/C22H25FN4O2S/c1-5-27-21(16(4)29-19-8-6-7-14(2)15(19)3)25-26-22(27)30-13-20(28)24-18-11-9-17(23)10-12-18/h6-12,16H,5,13H2,1-4H3,(H,24,28). The van der Waals surface area contributed by atoms with E-state index in [4.69, 9.17) is 4.74 Å². The minimum Gasteiger partial charge on any atom is -0.482 e. The molecule has 30 heavy (non-hydrogen) atoms. The van der Waals surface area contributed by atoms with Gasteiger partial charge in [-0.1, -0.05) is 23.9 Å². The molecule has 3 aromatic rings. The van der Waals surface area contributed by atoms with Crippen LogP contribution in [0.5, 0.6) is 5.75 Å². The van der Waals surface area contributed by atoms with E-state index in [9.17, 15) is 9.18 Å². The monoisotopic (exact) mass is 428 g/mol. The van der Waals surface area contributed by atoms with Crippen LogP contribution in [0.15, 0.2) is 47.6 Å². The fraction of sp³-hybridized carbons (Fsp3) is 0.318. The summed E-state index contributed by atoms with van der Waals surface area (Å²) >= 11 is 1.30. The average molecular weight is 429 g/mol. The zero-order valence-corrected chi connectivity index (χ0v) is 18.3. The molecule has 1 unspecified atom stereocenters. The Balaban J connectivity index is 1.65. The quantitative estimate of drug-likeness (QED) is 0.516. The van der Waals surface area contributed by atoms with Crippen LogP contribution in [0.4, 0.5) is 10.1 Å². The molecule has 1 N–H and O–H groups in total. The Kier molecular flexibility index (Phi) is 7.10. The third kappa shape index (κ3) is 5.18. The minimum atomic E-state index is -0.344. The van der Waals surface area contributed by atoms with Gasteiger partial charge in [0.05, 0.1) is 5.75 Å². The molecule has 0 radical (unpaired) electrons. The van der Waals surface area contributed by atoms with Gasteiger partial charge in [0.25, 0.3) is 0 Å². The van der Waals surface area contributed by atoms with E-state index in [2.05, 4.69) is 15.5 Å². The summed E-state index contributed by atoms with van der Waals surface area (Å²) in [6, 6.07) is 11.6. The molecule has 3 rings (SSSR count). The van der Waals surface area contributed by atoms with Gasteiger partial charge in [0.1, 0.15) is 11.6 Å². The third-order valence-corrected chi connectivity index (χ3v) is 5.71. The zero-order valence-electron chi connectivity index (χ0n) is 17.5. The topological polar surface area (TPSA) is 69.0 Å². The molecule has 1 atom stereocenters. The van der Waals surface area contributed by atoms with Crippen LogP contribution in [-0.4, -0.2) is 26.4 Å². The first-order valence-corrected chi connectivity index (χ1v) is 10.7. The van der Waals surface area contributed by atoms with Crippen LogP contribution in [0.2, 0.25) is 0 Å². The highest BCUT2D eigenvalue weighted by molar-refractivity contribution is 7.99. The van der Waals surface area contributed by atoms with Gasteiger partial charge in [-0.3, -0.25) is 4.79 Å². The van der Waals surface area contributed by atoms with Crippen LogP contribution in [0.1, 0.15) is 36.9 Å². The number of aromatic nitrogens is 3. The summed E-state index contributed by atoms with van der Waals surface area (Å²) in [5.74, 6) is 1.16. The van der Waals surface area contributed by atoms with Crippen molar-refractivity contribution in [2.24, 2.45) is 0 Å². The molecule has 0 spiro atoms. The van der Waals surface area contributed by atoms with E-state index in [1.165, 1.54) is 41.6 Å². The van der Waals surface area contributed by atoms with E-state index in [1.54, 1.807) is 0 Å². The smallest absolute Gasteiger partial charge is 0.234 e. The molecule has 0 aliphatic carbocycles. The molecule has 158 valence electrons. The number of carbonyl (C=O) groups is 1. The third-order valence-electron chi connectivity index (χ3n) is 4.74. The van der Waals surface area contributed by atoms with Gasteiger partial charge in [-0.2, -0.15) is 0 Å². The Morgan fingerprint density at radius 1 is 1.20 bits per heavy atom. The molecule has 1 heterocycles. The molecule has 6 nitrogen and oxygen atoms in total. The number of halogens is 1. The van der Waals surface area contributed by atoms with E-state index in [1.807, 2.05) is 50.5 Å². The number of benzene rings is 2. The SMILES string of the molecule is CCn1c(SCC(=O)Nc2ccc(F)cc2)nnc1C(C)Oc1cccc(C)c1C. The highest BCUT2D eigenvalue weighted by atomic mass is 32.2. The van der Waals surface area contributed by atoms with Gasteiger partial charge in [0, 0.05) is 12.2 Å². The van der Waals surface area contributed by atoms with Crippen molar-refractivity contribution in [2.75, 3.05) is 11.1 Å². The molecule has 0 saturated heterocycles. The fourth-order valence-electron chi connectivity index (χ4n) is 2.96. The maximum absolute atomic E-state index is 13.0. The summed E-state index contributed by atoms with van der Waals surface area (Å²) in [4.78, 5) is 12.2. The Bertz CT molecular complexity index is 1020. The summed E-state index contributed by atoms with van der Waals surface area (Å²) < 4.78 is 21.1. The van der Waals surface area contributed by atoms with E-state index < -0.39 is 0 Å². The molecule has 0 saturated carbocycles. The molecule has 2 aromatic carbocycles. The normalized spacial score (nSPS) is 11.9. The van der Waals surface area contributed by atoms with Crippen LogP contribution in [-0.2, 0) is 11.3 Å². The lowest BCUT2D eigenvalue weighted by Crippen LogP contribution is -2.15. The second-order valence-electron chi connectivity index (χ2n) is 6.89. The summed E-state index contributed by atoms with van der Waals surface area (Å²) in [6.07, 6.45) is -0.291. The van der Waals surface area contributed by atoms with Gasteiger partial charge in [0.15, 0.2) is 17.1 Å². The van der Waals surface area contributed by atoms with Crippen LogP contribution in [0.25, 0.3) is 0 Å². The first kappa shape index (κ1) is 21.8. The Labute approximate surface area is 179 Å². The lowest BCUT2D eigenvalue weighted by atomic mass is 10.1. The lowest BCUT2D eigenvalue weighted by molar-refractivity contribution is -0.113. The van der Waals surface area contributed by atoms with Gasteiger partial charge in [-0.15, -0.1) is 10.2 Å². The van der Waals surface area contributed by atoms with Crippen molar-refractivity contribution in [3.8, 4) is 5.75 Å². The van der Waals surface area contributed by atoms with Crippen molar-refractivity contribution in [2.45, 2.75) is 45.5 Å². The van der Waals surface area contributed by atoms with E-state index in [-0.39, 0.29) is 23.6 Å². The van der Waals surface area contributed by atoms with Crippen LogP contribution >= 0.6 is 11.8 Å². The number of anilines is 1. The number of rotatable bonds is 8. The van der Waals surface area contributed by atoms with Crippen molar-refractivity contribution >= 4 is 23.4 Å². The van der Waals surface area contributed by atoms with Crippen molar-refractivity contribution < 1.29 is 13.9 Å². The Morgan fingerprint density at radius 3 is 2.63 bits per heavy atom. The number of hydrogen-bond donors (Lipinski definition) is 1. The summed E-state index contributed by atoms with van der Waals surface area (Å²) in [6.45, 7) is 8.68. The molecular formula is C22H25FN4O2S. The molecule has 8 heteroatoms. The number of nitrogens with zero attached hydrogens (tertiary/aromatic N) is 3. The number of amides is 1. The van der Waals surface area contributed by atoms with Crippen LogP contribution in [0.3, 0.4) is 0 Å². The molecule has 0 bridgehead atoms. The minimum absolute atomic E-state index is 0.168. The largest absolute Gasteiger partial charge is 0.482 e. The maximum Gasteiger partial charge on any atom is 0.234 e. The molecule has 1 amide bonds. The number of thioether (sulfide) groups is 1. The second-order valence-corrected chi connectivity index (χ2v) is 7.83. The number of ether oxygens (including phenoxy) is 1. The van der Waals surface area contributed by atoms with Gasteiger partial charge in [-0.05, 0) is 69.2 Å². The second kappa shape index (κ2) is 9.75. The summed E-state index contributed by atoms with van der Waals surface area (Å²) in [5, 5.41) is 11.9. The lowest BCUT2D eigenvalue weighted by Gasteiger charge is -2.17. The first-order chi connectivity index (χ1) is 14.4. The van der Waals surface area contributed by atoms with E-state index >= 15 is 0 Å². The Hall–Kier alpha value is -2.87.